The Morgan fingerprint density at radius 1 is 1.47 bits per heavy atom. The molecule has 0 amide bonds. The van der Waals surface area contributed by atoms with Crippen LogP contribution >= 0.6 is 11.8 Å². The monoisotopic (exact) mass is 252 g/mol. The Balaban J connectivity index is 1.72. The van der Waals surface area contributed by atoms with Gasteiger partial charge in [0.15, 0.2) is 5.82 Å². The molecule has 0 spiro atoms. The average molecular weight is 252 g/mol. The predicted molar refractivity (Wildman–Crippen MR) is 59.3 cm³/mol. The number of nitrogens with zero attached hydrogens (tertiary/aromatic N) is 6. The molecule has 7 nitrogen and oxygen atoms in total. The van der Waals surface area contributed by atoms with Crippen LogP contribution in [0.3, 0.4) is 0 Å². The molecule has 0 radical (unpaired) electrons. The van der Waals surface area contributed by atoms with Crippen LogP contribution in [0.4, 0.5) is 0 Å². The van der Waals surface area contributed by atoms with Crippen LogP contribution in [-0.4, -0.2) is 30.3 Å². The Morgan fingerprint density at radius 3 is 2.94 bits per heavy atom. The number of tetrazole rings is 1. The molecule has 1 saturated carbocycles. The first-order valence-electron chi connectivity index (χ1n) is 5.46. The van der Waals surface area contributed by atoms with Crippen molar-refractivity contribution in [2.45, 2.75) is 36.1 Å². The van der Waals surface area contributed by atoms with Gasteiger partial charge in [-0.3, -0.25) is 0 Å². The van der Waals surface area contributed by atoms with Gasteiger partial charge in [0.1, 0.15) is 0 Å². The first-order chi connectivity index (χ1) is 8.24. The highest BCUT2D eigenvalue weighted by molar-refractivity contribution is 7.99. The van der Waals surface area contributed by atoms with E-state index in [1.807, 2.05) is 6.92 Å². The van der Waals surface area contributed by atoms with Gasteiger partial charge in [-0.15, -0.1) is 5.10 Å². The molecule has 90 valence electrons. The Hall–Kier alpha value is -1.44. The summed E-state index contributed by atoms with van der Waals surface area (Å²) in [4.78, 5) is 4.41. The van der Waals surface area contributed by atoms with E-state index in [0.717, 1.165) is 11.0 Å². The van der Waals surface area contributed by atoms with Gasteiger partial charge < -0.3 is 4.52 Å². The Bertz CT molecular complexity index is 519. The van der Waals surface area contributed by atoms with Crippen LogP contribution in [0.2, 0.25) is 0 Å². The lowest BCUT2D eigenvalue weighted by Crippen LogP contribution is -1.96. The Labute approximate surface area is 102 Å². The summed E-state index contributed by atoms with van der Waals surface area (Å²) in [5.41, 5.74) is 0. The number of rotatable bonds is 4. The van der Waals surface area contributed by atoms with Gasteiger partial charge in [0.2, 0.25) is 11.0 Å². The summed E-state index contributed by atoms with van der Waals surface area (Å²) >= 11 is 1.51. The minimum absolute atomic E-state index is 0.0553. The fourth-order valence-electron chi connectivity index (χ4n) is 1.45. The van der Waals surface area contributed by atoms with Gasteiger partial charge in [0.25, 0.3) is 0 Å². The number of thioether (sulfide) groups is 1. The molecule has 2 heterocycles. The highest BCUT2D eigenvalue weighted by Crippen LogP contribution is 2.39. The normalized spacial score (nSPS) is 17.3. The van der Waals surface area contributed by atoms with Gasteiger partial charge in [-0.2, -0.15) is 4.98 Å². The first kappa shape index (κ1) is 10.7. The molecule has 0 aromatic carbocycles. The molecule has 1 unspecified atom stereocenters. The van der Waals surface area contributed by atoms with E-state index >= 15 is 0 Å². The number of aryl methyl sites for hydroxylation is 1. The van der Waals surface area contributed by atoms with E-state index in [0.29, 0.717) is 11.8 Å². The van der Waals surface area contributed by atoms with E-state index < -0.39 is 0 Å². The van der Waals surface area contributed by atoms with Crippen molar-refractivity contribution in [2.24, 2.45) is 7.05 Å². The maximum absolute atomic E-state index is 5.26. The zero-order valence-electron chi connectivity index (χ0n) is 9.57. The third kappa shape index (κ3) is 2.17. The van der Waals surface area contributed by atoms with E-state index in [9.17, 15) is 0 Å². The summed E-state index contributed by atoms with van der Waals surface area (Å²) in [5, 5.41) is 16.1. The third-order valence-corrected chi connectivity index (χ3v) is 3.72. The molecule has 17 heavy (non-hydrogen) atoms. The van der Waals surface area contributed by atoms with Crippen molar-refractivity contribution < 1.29 is 4.52 Å². The van der Waals surface area contributed by atoms with Crippen LogP contribution in [0.25, 0.3) is 0 Å². The molecule has 1 fully saturated rings. The van der Waals surface area contributed by atoms with Crippen molar-refractivity contribution in [3.05, 3.63) is 11.7 Å². The van der Waals surface area contributed by atoms with E-state index in [2.05, 4.69) is 25.7 Å². The molecule has 1 atom stereocenters. The lowest BCUT2D eigenvalue weighted by Gasteiger charge is -2.03. The molecule has 1 aliphatic carbocycles. The van der Waals surface area contributed by atoms with Gasteiger partial charge in [0.05, 0.1) is 5.25 Å². The summed E-state index contributed by atoms with van der Waals surface area (Å²) in [7, 11) is 1.80. The van der Waals surface area contributed by atoms with Crippen LogP contribution in [0.15, 0.2) is 9.68 Å². The molecular formula is C9H12N6OS. The molecule has 0 aliphatic heterocycles. The fraction of sp³-hybridized carbons (Fsp3) is 0.667. The molecular weight excluding hydrogens is 240 g/mol. The Morgan fingerprint density at radius 2 is 2.29 bits per heavy atom. The van der Waals surface area contributed by atoms with Crippen molar-refractivity contribution in [1.82, 2.24) is 30.3 Å². The molecule has 0 bridgehead atoms. The minimum Gasteiger partial charge on any atom is -0.338 e. The maximum Gasteiger partial charge on any atom is 0.239 e. The molecule has 0 saturated heterocycles. The topological polar surface area (TPSA) is 82.5 Å². The van der Waals surface area contributed by atoms with Gasteiger partial charge in [-0.25, -0.2) is 4.68 Å². The number of hydrogen-bond acceptors (Lipinski definition) is 7. The lowest BCUT2D eigenvalue weighted by molar-refractivity contribution is 0.374. The molecule has 0 N–H and O–H groups in total. The maximum atomic E-state index is 5.26. The van der Waals surface area contributed by atoms with Gasteiger partial charge in [0, 0.05) is 13.0 Å². The van der Waals surface area contributed by atoms with Crippen molar-refractivity contribution >= 4 is 11.8 Å². The van der Waals surface area contributed by atoms with Crippen molar-refractivity contribution in [1.29, 1.82) is 0 Å². The van der Waals surface area contributed by atoms with Crippen LogP contribution in [0, 0.1) is 0 Å². The second-order valence-corrected chi connectivity index (χ2v) is 5.42. The zero-order valence-corrected chi connectivity index (χ0v) is 10.4. The summed E-state index contributed by atoms with van der Waals surface area (Å²) in [6.45, 7) is 2.00. The van der Waals surface area contributed by atoms with Crippen LogP contribution < -0.4 is 0 Å². The largest absolute Gasteiger partial charge is 0.338 e. The molecule has 2 aromatic rings. The van der Waals surface area contributed by atoms with Gasteiger partial charge >= 0.3 is 0 Å². The first-order valence-corrected chi connectivity index (χ1v) is 6.34. The van der Waals surface area contributed by atoms with Crippen molar-refractivity contribution in [3.63, 3.8) is 0 Å². The Kier molecular flexibility index (Phi) is 2.58. The SMILES string of the molecule is CC(Sc1nnnn1C)c1nc(C2CC2)no1. The van der Waals surface area contributed by atoms with Crippen LogP contribution in [0.1, 0.15) is 42.6 Å². The minimum atomic E-state index is 0.0553. The highest BCUT2D eigenvalue weighted by atomic mass is 32.2. The van der Waals surface area contributed by atoms with E-state index in [1.165, 1.54) is 24.6 Å². The predicted octanol–water partition coefficient (Wildman–Crippen LogP) is 1.32. The second-order valence-electron chi connectivity index (χ2n) is 4.11. The summed E-state index contributed by atoms with van der Waals surface area (Å²) in [6, 6.07) is 0. The smallest absolute Gasteiger partial charge is 0.239 e. The zero-order chi connectivity index (χ0) is 11.8. The quantitative estimate of drug-likeness (QED) is 0.759. The molecule has 1 aliphatic rings. The van der Waals surface area contributed by atoms with Crippen molar-refractivity contribution in [3.8, 4) is 0 Å². The number of hydrogen-bond donors (Lipinski definition) is 0. The highest BCUT2D eigenvalue weighted by Gasteiger charge is 2.30. The van der Waals surface area contributed by atoms with E-state index in [4.69, 9.17) is 4.52 Å². The summed E-state index contributed by atoms with van der Waals surface area (Å²) < 4.78 is 6.88. The standard InChI is InChI=1S/C9H12N6OS/c1-5(17-9-11-13-14-15(9)2)8-10-7(12-16-8)6-3-4-6/h5-6H,3-4H2,1-2H3. The molecule has 8 heteroatoms. The fourth-order valence-corrected chi connectivity index (χ4v) is 2.23. The summed E-state index contributed by atoms with van der Waals surface area (Å²) in [5.74, 6) is 1.99. The van der Waals surface area contributed by atoms with E-state index in [1.54, 1.807) is 11.7 Å². The second kappa shape index (κ2) is 4.10. The van der Waals surface area contributed by atoms with Crippen LogP contribution in [0.5, 0.6) is 0 Å². The van der Waals surface area contributed by atoms with E-state index in [-0.39, 0.29) is 5.25 Å². The van der Waals surface area contributed by atoms with Gasteiger partial charge in [-0.05, 0) is 30.2 Å². The summed E-state index contributed by atoms with van der Waals surface area (Å²) in [6.07, 6.45) is 2.35. The molecule has 2 aromatic heterocycles. The van der Waals surface area contributed by atoms with Gasteiger partial charge in [-0.1, -0.05) is 16.9 Å². The average Bonchev–Trinajstić information content (AvgIpc) is 2.91. The van der Waals surface area contributed by atoms with Crippen LogP contribution in [-0.2, 0) is 7.05 Å². The number of aromatic nitrogens is 6. The lowest BCUT2D eigenvalue weighted by atomic mass is 10.4. The molecule has 3 rings (SSSR count). The third-order valence-electron chi connectivity index (χ3n) is 2.61. The van der Waals surface area contributed by atoms with Crippen molar-refractivity contribution in [2.75, 3.05) is 0 Å².